The van der Waals surface area contributed by atoms with Gasteiger partial charge in [-0.2, -0.15) is 0 Å². The van der Waals surface area contributed by atoms with Crippen molar-refractivity contribution < 1.29 is 57.2 Å². The first-order chi connectivity index (χ1) is 72.7. The number of carbonyl (C=O) groups is 6. The van der Waals surface area contributed by atoms with Gasteiger partial charge in [-0.05, 0) is 182 Å². The van der Waals surface area contributed by atoms with E-state index in [-0.39, 0.29) is 75.1 Å². The standard InChI is InChI=1S/C126H192N10O12/c1-7-13-19-25-31-37-43-49-55-61-91-127-115(137)97-143-109-79-67-103(68-80-109)121-125(107-75-87-113(88-76-107)147-101-119(141)131-95-65-59-53-47-41-35-29-23-17-11-5,135-123(133-121)105-71-83-111(84-72-105)145-99-117(139)129-93-63-57-51-45-39-33-27-21-15-9-3)126(108-77-89-114(90-78-108)148-102-120(142)132-96-66-60-54-48-42-36-30-24-18-12-6)122(104-69-81-110(82-70-104)144-98-116(138)128-92-62-56-50-44-38-32-26-20-14-8-2)134-124(136-126)106-73-85-112(86-74-106)146-100-118(140)130-94-64-58-52-46-40-34-28-22-16-10-4/h67-90H,7-66,91-102H2,1-6H3,(H,127,137)(H,128,138)(H,129,139)(H,130,140)(H,131,141)(H,132,142). The van der Waals surface area contributed by atoms with Crippen LogP contribution in [-0.4, -0.2) is 137 Å². The van der Waals surface area contributed by atoms with E-state index >= 15 is 0 Å². The number of hydrogen-bond acceptors (Lipinski definition) is 16. The Bertz CT molecular complexity index is 4400. The van der Waals surface area contributed by atoms with Crippen LogP contribution in [0.2, 0.25) is 0 Å². The molecule has 148 heavy (non-hydrogen) atoms. The topological polar surface area (TPSA) is 279 Å². The maximum Gasteiger partial charge on any atom is 0.257 e. The molecule has 2 aliphatic rings. The summed E-state index contributed by atoms with van der Waals surface area (Å²) in [7, 11) is 0. The summed E-state index contributed by atoms with van der Waals surface area (Å²) in [4.78, 5) is 106. The van der Waals surface area contributed by atoms with Gasteiger partial charge in [-0.1, -0.05) is 413 Å². The van der Waals surface area contributed by atoms with Gasteiger partial charge in [0.05, 0.1) is 11.4 Å². The van der Waals surface area contributed by atoms with Crippen molar-refractivity contribution in [2.24, 2.45) is 20.0 Å². The molecule has 0 bridgehead atoms. The van der Waals surface area contributed by atoms with Gasteiger partial charge in [-0.3, -0.25) is 28.8 Å². The molecule has 2 atom stereocenters. The van der Waals surface area contributed by atoms with Crippen molar-refractivity contribution in [3.05, 3.63) is 179 Å². The molecule has 6 amide bonds. The van der Waals surface area contributed by atoms with Crippen molar-refractivity contribution in [2.45, 2.75) is 438 Å². The monoisotopic (exact) mass is 2040 g/mol. The van der Waals surface area contributed by atoms with Gasteiger partial charge < -0.3 is 60.3 Å². The zero-order valence-corrected chi connectivity index (χ0v) is 92.5. The number of nitrogens with zero attached hydrogens (tertiary/aromatic N) is 4. The number of aliphatic imine (C=N–C) groups is 4. The summed E-state index contributed by atoms with van der Waals surface area (Å²) in [5, 5.41) is 18.6. The molecule has 0 radical (unpaired) electrons. The molecule has 0 saturated carbocycles. The highest BCUT2D eigenvalue weighted by Crippen LogP contribution is 2.56. The smallest absolute Gasteiger partial charge is 0.257 e. The Morgan fingerprint density at radius 1 is 0.189 bits per heavy atom. The third-order valence-electron chi connectivity index (χ3n) is 28.6. The average Bonchev–Trinajstić information content (AvgIpc) is 1.49. The molecule has 6 N–H and O–H groups in total. The van der Waals surface area contributed by atoms with E-state index in [1.807, 2.05) is 146 Å². The second kappa shape index (κ2) is 77.9. The SMILES string of the molecule is CCCCCCCCCCCCNC(=O)COc1ccc(C2=NC(c3ccc(OCC(=O)NCCCCCCCCCCCC)cc3)(C3(c4ccc(OCC(=O)NCCCCCCCCCCCC)cc4)N=C(c4ccc(OCC(=O)NCCCCCCCCCCCC)cc4)N=C3c3ccc(OCC(=O)NCCCCCCCCCCCC)cc3)C(c3ccc(OCC(=O)NCCCCCCCCCCCC)cc3)=N2)cc1. The second-order valence-corrected chi connectivity index (χ2v) is 41.3. The number of nitrogens with one attached hydrogen (secondary N) is 6. The summed E-state index contributed by atoms with van der Waals surface area (Å²) >= 11 is 0. The summed E-state index contributed by atoms with van der Waals surface area (Å²) < 4.78 is 38.2. The van der Waals surface area contributed by atoms with Crippen LogP contribution in [0, 0.1) is 0 Å². The van der Waals surface area contributed by atoms with Crippen LogP contribution in [-0.2, 0) is 39.8 Å². The molecular weight excluding hydrogens is 1850 g/mol. The summed E-state index contributed by atoms with van der Waals surface area (Å²) in [5.74, 6) is 1.85. The molecule has 818 valence electrons. The van der Waals surface area contributed by atoms with Crippen molar-refractivity contribution in [1.29, 1.82) is 0 Å². The molecular formula is C126H192N10O12. The lowest BCUT2D eigenvalue weighted by Gasteiger charge is -2.44. The van der Waals surface area contributed by atoms with Crippen LogP contribution in [0.3, 0.4) is 0 Å². The van der Waals surface area contributed by atoms with Crippen LogP contribution in [0.4, 0.5) is 0 Å². The summed E-state index contributed by atoms with van der Waals surface area (Å²) in [6, 6.07) is 45.0. The molecule has 2 unspecified atom stereocenters. The van der Waals surface area contributed by atoms with Crippen LogP contribution in [0.15, 0.2) is 166 Å². The van der Waals surface area contributed by atoms with Gasteiger partial charge in [-0.25, -0.2) is 20.0 Å². The van der Waals surface area contributed by atoms with E-state index < -0.39 is 11.1 Å². The molecule has 0 aromatic heterocycles. The van der Waals surface area contributed by atoms with Crippen molar-refractivity contribution in [2.75, 3.05) is 78.9 Å². The number of amidine groups is 2. The lowest BCUT2D eigenvalue weighted by molar-refractivity contribution is -0.123. The molecule has 22 heteroatoms. The Morgan fingerprint density at radius 2 is 0.331 bits per heavy atom. The third kappa shape index (κ3) is 48.7. The Balaban J connectivity index is 1.23. The maximum atomic E-state index is 13.8. The number of ether oxygens (including phenoxy) is 6. The lowest BCUT2D eigenvalue weighted by atomic mass is 9.62. The molecule has 0 fully saturated rings. The molecule has 6 aromatic carbocycles. The highest BCUT2D eigenvalue weighted by molar-refractivity contribution is 6.29. The third-order valence-corrected chi connectivity index (χ3v) is 28.6. The van der Waals surface area contributed by atoms with Crippen LogP contribution in [0.5, 0.6) is 34.5 Å². The fraction of sp³-hybridized carbons (Fsp3) is 0.635. The molecule has 0 aliphatic carbocycles. The largest absolute Gasteiger partial charge is 0.484 e. The van der Waals surface area contributed by atoms with Crippen molar-refractivity contribution >= 4 is 58.5 Å². The molecule has 6 aromatic rings. The Labute approximate surface area is 892 Å². The fourth-order valence-electron chi connectivity index (χ4n) is 19.6. The minimum Gasteiger partial charge on any atom is -0.484 e. The predicted molar refractivity (Wildman–Crippen MR) is 610 cm³/mol. The number of hydrogen-bond donors (Lipinski definition) is 6. The highest BCUT2D eigenvalue weighted by atomic mass is 16.5. The summed E-state index contributed by atoms with van der Waals surface area (Å²) in [5.41, 5.74) is 0.629. The molecule has 8 rings (SSSR count). The number of rotatable bonds is 91. The first-order valence-corrected chi connectivity index (χ1v) is 59.1. The van der Waals surface area contributed by atoms with Crippen molar-refractivity contribution in [3.8, 4) is 34.5 Å². The Morgan fingerprint density at radius 3 is 0.493 bits per heavy atom. The normalized spacial score (nSPS) is 14.2. The fourth-order valence-corrected chi connectivity index (χ4v) is 19.6. The second-order valence-electron chi connectivity index (χ2n) is 41.3. The summed E-state index contributed by atoms with van der Waals surface area (Å²) in [6.07, 6.45) is 71.3. The van der Waals surface area contributed by atoms with Gasteiger partial charge in [0, 0.05) is 50.4 Å². The average molecular weight is 2040 g/mol. The van der Waals surface area contributed by atoms with E-state index in [9.17, 15) is 28.8 Å². The first kappa shape index (κ1) is 123. The van der Waals surface area contributed by atoms with E-state index in [1.54, 1.807) is 0 Å². The molecule has 22 nitrogen and oxygen atoms in total. The zero-order valence-electron chi connectivity index (χ0n) is 92.5. The van der Waals surface area contributed by atoms with Gasteiger partial charge in [0.2, 0.25) is 0 Å². The maximum absolute atomic E-state index is 13.8. The number of benzene rings is 6. The van der Waals surface area contributed by atoms with Crippen LogP contribution in [0.1, 0.15) is 460 Å². The quantitative estimate of drug-likeness (QED) is 0.0195. The Hall–Kier alpha value is -10.4. The number of unbranched alkanes of at least 4 members (excludes halogenated alkanes) is 54. The van der Waals surface area contributed by atoms with Crippen molar-refractivity contribution in [1.82, 2.24) is 31.9 Å². The lowest BCUT2D eigenvalue weighted by Crippen LogP contribution is -2.55. The zero-order chi connectivity index (χ0) is 105. The number of carbonyl (C=O) groups excluding carboxylic acids is 6. The predicted octanol–water partition coefficient (Wildman–Crippen LogP) is 29.2. The first-order valence-electron chi connectivity index (χ1n) is 59.1. The van der Waals surface area contributed by atoms with Crippen LogP contribution >= 0.6 is 0 Å². The Kier molecular flexibility index (Phi) is 64.6. The van der Waals surface area contributed by atoms with Crippen LogP contribution in [0.25, 0.3) is 0 Å². The van der Waals surface area contributed by atoms with Gasteiger partial charge in [0.25, 0.3) is 35.4 Å². The van der Waals surface area contributed by atoms with Crippen molar-refractivity contribution in [3.63, 3.8) is 0 Å². The van der Waals surface area contributed by atoms with Gasteiger partial charge in [0.15, 0.2) is 62.4 Å². The van der Waals surface area contributed by atoms with E-state index in [0.717, 1.165) is 116 Å². The van der Waals surface area contributed by atoms with E-state index in [4.69, 9.17) is 48.4 Å². The minimum atomic E-state index is -1.85. The van der Waals surface area contributed by atoms with Gasteiger partial charge in [-0.15, -0.1) is 0 Å². The highest BCUT2D eigenvalue weighted by Gasteiger charge is 2.65. The van der Waals surface area contributed by atoms with E-state index in [2.05, 4.69) is 73.4 Å². The molecule has 0 spiro atoms. The van der Waals surface area contributed by atoms with E-state index in [0.29, 0.717) is 130 Å². The van der Waals surface area contributed by atoms with Gasteiger partial charge >= 0.3 is 0 Å². The molecule has 2 heterocycles. The minimum absolute atomic E-state index is 0.188. The summed E-state index contributed by atoms with van der Waals surface area (Å²) in [6.45, 7) is 15.5. The van der Waals surface area contributed by atoms with E-state index in [1.165, 1.54) is 270 Å². The number of amides is 6. The van der Waals surface area contributed by atoms with Gasteiger partial charge in [0.1, 0.15) is 34.5 Å². The molecule has 2 aliphatic heterocycles. The van der Waals surface area contributed by atoms with Crippen LogP contribution < -0.4 is 60.3 Å². The molecule has 0 saturated heterocycles.